The Balaban J connectivity index is 2.02. The fourth-order valence-corrected chi connectivity index (χ4v) is 5.20. The molecule has 2 aromatic carbocycles. The number of hydrogen-bond donors (Lipinski definition) is 3. The van der Waals surface area contributed by atoms with Gasteiger partial charge >= 0.3 is 10.2 Å². The number of primary amides is 1. The number of hydrazone groups is 1. The molecule has 0 fully saturated rings. The van der Waals surface area contributed by atoms with Crippen molar-refractivity contribution in [3.63, 3.8) is 0 Å². The second kappa shape index (κ2) is 12.3. The number of nitrogens with one attached hydrogen (secondary N) is 1. The maximum Gasteiger partial charge on any atom is 0.303 e. The van der Waals surface area contributed by atoms with Gasteiger partial charge in [-0.2, -0.15) is 17.8 Å². The Morgan fingerprint density at radius 3 is 2.44 bits per heavy atom. The van der Waals surface area contributed by atoms with E-state index in [9.17, 15) is 18.3 Å². The standard InChI is InChI=1S/C24H31ClN6O4S/c1-3-30(4-2)36(34,35)29-24(27-15-20(32)14-22(26)33)31-16-21(17-8-6-5-7-9-17)23(28-31)18-10-12-19(25)13-11-18/h5-13,20-21,32H,3-4,14-16H2,1-2H3,(H2,26,33)(H,27,29). The monoisotopic (exact) mass is 534 g/mol. The summed E-state index contributed by atoms with van der Waals surface area (Å²) < 4.78 is 29.8. The van der Waals surface area contributed by atoms with Crippen LogP contribution in [-0.4, -0.2) is 72.7 Å². The fourth-order valence-electron chi connectivity index (χ4n) is 3.86. The van der Waals surface area contributed by atoms with Crippen LogP contribution in [0.3, 0.4) is 0 Å². The highest BCUT2D eigenvalue weighted by molar-refractivity contribution is 7.87. The Bertz CT molecular complexity index is 1200. The lowest BCUT2D eigenvalue weighted by Crippen LogP contribution is -2.48. The zero-order chi connectivity index (χ0) is 26.3. The van der Waals surface area contributed by atoms with Crippen molar-refractivity contribution in [3.05, 3.63) is 70.7 Å². The molecule has 1 amide bonds. The second-order valence-electron chi connectivity index (χ2n) is 8.22. The molecule has 1 aliphatic rings. The van der Waals surface area contributed by atoms with E-state index in [1.165, 1.54) is 9.31 Å². The Hall–Kier alpha value is -2.99. The van der Waals surface area contributed by atoms with E-state index in [4.69, 9.17) is 22.4 Å². The van der Waals surface area contributed by atoms with Crippen molar-refractivity contribution in [2.75, 3.05) is 26.2 Å². The highest BCUT2D eigenvalue weighted by atomic mass is 35.5. The first kappa shape index (κ1) is 27.6. The minimum atomic E-state index is -3.95. The van der Waals surface area contributed by atoms with Gasteiger partial charge in [0.05, 0.1) is 31.3 Å². The topological polar surface area (TPSA) is 141 Å². The molecule has 3 rings (SSSR count). The summed E-state index contributed by atoms with van der Waals surface area (Å²) >= 11 is 6.08. The van der Waals surface area contributed by atoms with Crippen LogP contribution >= 0.6 is 11.6 Å². The van der Waals surface area contributed by atoms with E-state index < -0.39 is 22.2 Å². The number of guanidine groups is 1. The molecule has 10 nitrogen and oxygen atoms in total. The van der Waals surface area contributed by atoms with Gasteiger partial charge in [-0.3, -0.25) is 4.79 Å². The van der Waals surface area contributed by atoms with E-state index >= 15 is 0 Å². The van der Waals surface area contributed by atoms with E-state index in [2.05, 4.69) is 9.71 Å². The van der Waals surface area contributed by atoms with Crippen LogP contribution in [0.15, 0.2) is 64.7 Å². The van der Waals surface area contributed by atoms with Crippen molar-refractivity contribution in [3.8, 4) is 0 Å². The molecular formula is C24H31ClN6O4S. The molecule has 0 spiro atoms. The van der Waals surface area contributed by atoms with E-state index in [1.54, 1.807) is 26.0 Å². The summed E-state index contributed by atoms with van der Waals surface area (Å²) in [6.07, 6.45) is -1.46. The first-order chi connectivity index (χ1) is 17.1. The molecule has 0 radical (unpaired) electrons. The van der Waals surface area contributed by atoms with Crippen LogP contribution in [0.5, 0.6) is 0 Å². The van der Waals surface area contributed by atoms with Gasteiger partial charge in [0.15, 0.2) is 0 Å². The summed E-state index contributed by atoms with van der Waals surface area (Å²) in [5, 5.41) is 16.9. The number of aliphatic imine (C=N–C) groups is 1. The van der Waals surface area contributed by atoms with Crippen molar-refractivity contribution in [2.45, 2.75) is 32.3 Å². The lowest BCUT2D eigenvalue weighted by atomic mass is 9.91. The van der Waals surface area contributed by atoms with Crippen molar-refractivity contribution in [1.82, 2.24) is 14.0 Å². The molecule has 4 N–H and O–H groups in total. The van der Waals surface area contributed by atoms with Gasteiger partial charge < -0.3 is 10.8 Å². The third-order valence-corrected chi connectivity index (χ3v) is 7.54. The summed E-state index contributed by atoms with van der Waals surface area (Å²) in [4.78, 5) is 15.5. The predicted molar refractivity (Wildman–Crippen MR) is 141 cm³/mol. The number of amides is 1. The van der Waals surface area contributed by atoms with Crippen LogP contribution in [0.1, 0.15) is 37.3 Å². The van der Waals surface area contributed by atoms with Crippen molar-refractivity contribution < 1.29 is 18.3 Å². The molecule has 1 aliphatic heterocycles. The molecule has 0 saturated heterocycles. The van der Waals surface area contributed by atoms with E-state index in [0.29, 0.717) is 17.3 Å². The van der Waals surface area contributed by atoms with Gasteiger partial charge in [0.25, 0.3) is 0 Å². The fraction of sp³-hybridized carbons (Fsp3) is 0.375. The summed E-state index contributed by atoms with van der Waals surface area (Å²) in [5.41, 5.74) is 7.70. The summed E-state index contributed by atoms with van der Waals surface area (Å²) in [7, 11) is -3.95. The Labute approximate surface area is 216 Å². The van der Waals surface area contributed by atoms with Gasteiger partial charge in [-0.1, -0.05) is 67.9 Å². The molecule has 2 atom stereocenters. The van der Waals surface area contributed by atoms with Gasteiger partial charge in [-0.15, -0.1) is 0 Å². The van der Waals surface area contributed by atoms with Gasteiger partial charge in [-0.05, 0) is 23.3 Å². The average molecular weight is 535 g/mol. The number of aliphatic hydroxyl groups is 1. The Kier molecular flexibility index (Phi) is 9.43. The summed E-state index contributed by atoms with van der Waals surface area (Å²) in [6.45, 7) is 4.04. The molecule has 2 aromatic rings. The molecule has 0 aromatic heterocycles. The van der Waals surface area contributed by atoms with Crippen molar-refractivity contribution in [1.29, 1.82) is 0 Å². The molecule has 1 heterocycles. The number of hydrogen-bond acceptors (Lipinski definition) is 6. The smallest absolute Gasteiger partial charge is 0.303 e. The average Bonchev–Trinajstić information content (AvgIpc) is 3.28. The quantitative estimate of drug-likeness (QED) is 0.315. The minimum absolute atomic E-state index is 0.0599. The summed E-state index contributed by atoms with van der Waals surface area (Å²) in [5.74, 6) is -0.933. The van der Waals surface area contributed by atoms with Gasteiger partial charge in [0, 0.05) is 24.0 Å². The number of benzene rings is 2. The normalized spacial score (nSPS) is 17.2. The van der Waals surface area contributed by atoms with E-state index in [1.807, 2.05) is 42.5 Å². The highest BCUT2D eigenvalue weighted by Gasteiger charge is 2.33. The van der Waals surface area contributed by atoms with Crippen LogP contribution < -0.4 is 10.5 Å². The van der Waals surface area contributed by atoms with Crippen LogP contribution in [0.2, 0.25) is 5.02 Å². The van der Waals surface area contributed by atoms with Crippen LogP contribution in [0, 0.1) is 0 Å². The Morgan fingerprint density at radius 2 is 1.86 bits per heavy atom. The third kappa shape index (κ3) is 7.03. The molecular weight excluding hydrogens is 504 g/mol. The number of nitrogens with two attached hydrogens (primary N) is 1. The summed E-state index contributed by atoms with van der Waals surface area (Å²) in [6, 6.07) is 17.0. The maximum absolute atomic E-state index is 13.0. The number of carbonyl (C=O) groups excluding carboxylic acids is 1. The van der Waals surface area contributed by atoms with Crippen LogP contribution in [-0.2, 0) is 15.0 Å². The predicted octanol–water partition coefficient (Wildman–Crippen LogP) is 1.91. The third-order valence-electron chi connectivity index (χ3n) is 5.65. The van der Waals surface area contributed by atoms with E-state index in [0.717, 1.165) is 11.1 Å². The minimum Gasteiger partial charge on any atom is -0.391 e. The SMILES string of the molecule is CCN(CC)S(=O)(=O)NC(=NCC(O)CC(N)=O)N1CC(c2ccccc2)C(c2ccc(Cl)cc2)=N1. The first-order valence-electron chi connectivity index (χ1n) is 11.6. The molecule has 0 bridgehead atoms. The maximum atomic E-state index is 13.0. The number of aliphatic hydroxyl groups excluding tert-OH is 1. The Morgan fingerprint density at radius 1 is 1.22 bits per heavy atom. The van der Waals surface area contributed by atoms with E-state index in [-0.39, 0.29) is 37.9 Å². The van der Waals surface area contributed by atoms with Crippen molar-refractivity contribution >= 4 is 39.4 Å². The lowest BCUT2D eigenvalue weighted by Gasteiger charge is -2.24. The molecule has 0 saturated carbocycles. The second-order valence-corrected chi connectivity index (χ2v) is 10.3. The molecule has 194 valence electrons. The largest absolute Gasteiger partial charge is 0.391 e. The molecule has 2 unspecified atom stereocenters. The van der Waals surface area contributed by atoms with Crippen LogP contribution in [0.4, 0.5) is 0 Å². The zero-order valence-electron chi connectivity index (χ0n) is 20.2. The van der Waals surface area contributed by atoms with Crippen molar-refractivity contribution in [2.24, 2.45) is 15.8 Å². The number of nitrogens with zero attached hydrogens (tertiary/aromatic N) is 4. The first-order valence-corrected chi connectivity index (χ1v) is 13.4. The number of halogens is 1. The number of carbonyl (C=O) groups is 1. The molecule has 36 heavy (non-hydrogen) atoms. The van der Waals surface area contributed by atoms with Gasteiger partial charge in [0.2, 0.25) is 11.9 Å². The lowest BCUT2D eigenvalue weighted by molar-refractivity contribution is -0.119. The molecule has 0 aliphatic carbocycles. The van der Waals surface area contributed by atoms with Gasteiger partial charge in [-0.25, -0.2) is 14.7 Å². The zero-order valence-corrected chi connectivity index (χ0v) is 21.8. The highest BCUT2D eigenvalue weighted by Crippen LogP contribution is 2.29. The number of rotatable bonds is 10. The van der Waals surface area contributed by atoms with Crippen LogP contribution in [0.25, 0.3) is 0 Å². The van der Waals surface area contributed by atoms with Gasteiger partial charge in [0.1, 0.15) is 0 Å². The molecule has 12 heteroatoms.